The van der Waals surface area contributed by atoms with E-state index in [4.69, 9.17) is 6.42 Å². The van der Waals surface area contributed by atoms with Crippen molar-refractivity contribution in [2.24, 2.45) is 0 Å². The van der Waals surface area contributed by atoms with Crippen LogP contribution in [0.25, 0.3) is 0 Å². The van der Waals surface area contributed by atoms with Gasteiger partial charge in [-0.15, -0.1) is 12.3 Å². The summed E-state index contributed by atoms with van der Waals surface area (Å²) in [7, 11) is 0. The molecule has 0 saturated heterocycles. The number of nitrogens with zero attached hydrogens (tertiary/aromatic N) is 1. The fraction of sp³-hybridized carbons (Fsp3) is 0.545. The molecule has 1 rings (SSSR count). The molecular weight excluding hydrogens is 174 g/mol. The molecule has 0 radical (unpaired) electrons. The Labute approximate surface area is 85.3 Å². The molecular formula is C11H17N3. The van der Waals surface area contributed by atoms with Gasteiger partial charge in [-0.3, -0.25) is 5.10 Å². The van der Waals surface area contributed by atoms with Gasteiger partial charge in [0.15, 0.2) is 0 Å². The van der Waals surface area contributed by atoms with Crippen LogP contribution in [0.5, 0.6) is 0 Å². The smallest absolute Gasteiger partial charge is 0.0518 e. The van der Waals surface area contributed by atoms with Gasteiger partial charge in [0.25, 0.3) is 0 Å². The molecule has 1 aromatic heterocycles. The van der Waals surface area contributed by atoms with Crippen molar-refractivity contribution in [2.45, 2.75) is 32.2 Å². The lowest BCUT2D eigenvalue weighted by Gasteiger charge is -2.10. The number of hydrogen-bond donors (Lipinski definition) is 2. The van der Waals surface area contributed by atoms with Gasteiger partial charge in [-0.05, 0) is 32.4 Å². The lowest BCUT2D eigenvalue weighted by molar-refractivity contribution is 0.538. The Kier molecular flexibility index (Phi) is 4.81. The van der Waals surface area contributed by atoms with Crippen molar-refractivity contribution in [3.63, 3.8) is 0 Å². The highest BCUT2D eigenvalue weighted by molar-refractivity contribution is 5.02. The number of aromatic nitrogens is 2. The molecule has 76 valence electrons. The molecule has 3 nitrogen and oxygen atoms in total. The third-order valence-electron chi connectivity index (χ3n) is 2.19. The summed E-state index contributed by atoms with van der Waals surface area (Å²) in [5.74, 6) is 2.64. The quantitative estimate of drug-likeness (QED) is 0.532. The van der Waals surface area contributed by atoms with Gasteiger partial charge in [0.2, 0.25) is 0 Å². The number of terminal acetylenes is 1. The summed E-state index contributed by atoms with van der Waals surface area (Å²) in [5.41, 5.74) is 1.13. The SMILES string of the molecule is C#CCCCCNC(C)c1ccn[nH]1. The summed E-state index contributed by atoms with van der Waals surface area (Å²) >= 11 is 0. The van der Waals surface area contributed by atoms with Gasteiger partial charge in [-0.25, -0.2) is 0 Å². The molecule has 0 aliphatic carbocycles. The molecule has 0 aromatic carbocycles. The van der Waals surface area contributed by atoms with Crippen LogP contribution >= 0.6 is 0 Å². The minimum atomic E-state index is 0.336. The second-order valence-electron chi connectivity index (χ2n) is 3.35. The van der Waals surface area contributed by atoms with Crippen molar-refractivity contribution in [1.29, 1.82) is 0 Å². The number of H-pyrrole nitrogens is 1. The number of aromatic amines is 1. The molecule has 14 heavy (non-hydrogen) atoms. The van der Waals surface area contributed by atoms with E-state index in [1.807, 2.05) is 6.07 Å². The van der Waals surface area contributed by atoms with E-state index in [0.29, 0.717) is 6.04 Å². The van der Waals surface area contributed by atoms with Gasteiger partial charge in [-0.2, -0.15) is 5.10 Å². The van der Waals surface area contributed by atoms with E-state index in [-0.39, 0.29) is 0 Å². The van der Waals surface area contributed by atoms with E-state index in [1.165, 1.54) is 0 Å². The number of unbranched alkanes of at least 4 members (excludes halogenated alkanes) is 2. The van der Waals surface area contributed by atoms with E-state index in [2.05, 4.69) is 28.4 Å². The molecule has 1 unspecified atom stereocenters. The predicted molar refractivity (Wildman–Crippen MR) is 57.7 cm³/mol. The summed E-state index contributed by atoms with van der Waals surface area (Å²) in [6.45, 7) is 3.12. The third kappa shape index (κ3) is 3.63. The molecule has 0 saturated carbocycles. The topological polar surface area (TPSA) is 40.7 Å². The van der Waals surface area contributed by atoms with E-state index in [1.54, 1.807) is 6.20 Å². The third-order valence-corrected chi connectivity index (χ3v) is 2.19. The molecule has 0 aliphatic rings. The number of nitrogens with one attached hydrogen (secondary N) is 2. The molecule has 0 fully saturated rings. The van der Waals surface area contributed by atoms with E-state index in [0.717, 1.165) is 31.5 Å². The Morgan fingerprint density at radius 3 is 3.14 bits per heavy atom. The maximum absolute atomic E-state index is 5.16. The van der Waals surface area contributed by atoms with Crippen molar-refractivity contribution in [1.82, 2.24) is 15.5 Å². The first kappa shape index (κ1) is 10.8. The van der Waals surface area contributed by atoms with E-state index < -0.39 is 0 Å². The lowest BCUT2D eigenvalue weighted by atomic mass is 10.2. The number of hydrogen-bond acceptors (Lipinski definition) is 2. The average molecular weight is 191 g/mol. The summed E-state index contributed by atoms with van der Waals surface area (Å²) < 4.78 is 0. The van der Waals surface area contributed by atoms with Crippen LogP contribution in [0.1, 0.15) is 37.9 Å². The van der Waals surface area contributed by atoms with Gasteiger partial charge in [0.1, 0.15) is 0 Å². The maximum Gasteiger partial charge on any atom is 0.0518 e. The van der Waals surface area contributed by atoms with Gasteiger partial charge in [0, 0.05) is 18.7 Å². The summed E-state index contributed by atoms with van der Waals surface area (Å²) in [4.78, 5) is 0. The van der Waals surface area contributed by atoms with Crippen LogP contribution in [0.2, 0.25) is 0 Å². The minimum Gasteiger partial charge on any atom is -0.309 e. The van der Waals surface area contributed by atoms with Gasteiger partial charge >= 0.3 is 0 Å². The monoisotopic (exact) mass is 191 g/mol. The first-order valence-electron chi connectivity index (χ1n) is 5.00. The van der Waals surface area contributed by atoms with Crippen LogP contribution in [0.3, 0.4) is 0 Å². The zero-order valence-corrected chi connectivity index (χ0v) is 8.59. The molecule has 2 N–H and O–H groups in total. The van der Waals surface area contributed by atoms with Crippen molar-refractivity contribution < 1.29 is 0 Å². The lowest BCUT2D eigenvalue weighted by Crippen LogP contribution is -2.20. The van der Waals surface area contributed by atoms with Crippen molar-refractivity contribution in [3.05, 3.63) is 18.0 Å². The Morgan fingerprint density at radius 2 is 2.50 bits per heavy atom. The molecule has 1 heterocycles. The molecule has 1 atom stereocenters. The minimum absolute atomic E-state index is 0.336. The van der Waals surface area contributed by atoms with Gasteiger partial charge in [-0.1, -0.05) is 0 Å². The van der Waals surface area contributed by atoms with Crippen molar-refractivity contribution >= 4 is 0 Å². The highest BCUT2D eigenvalue weighted by Gasteiger charge is 2.03. The fourth-order valence-electron chi connectivity index (χ4n) is 1.29. The average Bonchev–Trinajstić information content (AvgIpc) is 2.70. The van der Waals surface area contributed by atoms with Crippen molar-refractivity contribution in [2.75, 3.05) is 6.54 Å². The second kappa shape index (κ2) is 6.22. The molecule has 0 aliphatic heterocycles. The van der Waals surface area contributed by atoms with Gasteiger partial charge in [0.05, 0.1) is 5.69 Å². The zero-order valence-electron chi connectivity index (χ0n) is 8.59. The van der Waals surface area contributed by atoms with Crippen LogP contribution in [0.15, 0.2) is 12.3 Å². The maximum atomic E-state index is 5.16. The number of rotatable bonds is 6. The van der Waals surface area contributed by atoms with Crippen LogP contribution in [0.4, 0.5) is 0 Å². The van der Waals surface area contributed by atoms with Crippen LogP contribution in [0, 0.1) is 12.3 Å². The van der Waals surface area contributed by atoms with E-state index >= 15 is 0 Å². The first-order chi connectivity index (χ1) is 6.84. The Balaban J connectivity index is 2.10. The van der Waals surface area contributed by atoms with Crippen LogP contribution in [-0.2, 0) is 0 Å². The van der Waals surface area contributed by atoms with Gasteiger partial charge < -0.3 is 5.32 Å². The van der Waals surface area contributed by atoms with Crippen molar-refractivity contribution in [3.8, 4) is 12.3 Å². The summed E-state index contributed by atoms with van der Waals surface area (Å²) in [6.07, 6.45) is 10.0. The molecule has 0 bridgehead atoms. The predicted octanol–water partition coefficient (Wildman–Crippen LogP) is 1.86. The van der Waals surface area contributed by atoms with Crippen LogP contribution in [-0.4, -0.2) is 16.7 Å². The Bertz CT molecular complexity index is 271. The Morgan fingerprint density at radius 1 is 1.64 bits per heavy atom. The summed E-state index contributed by atoms with van der Waals surface area (Å²) in [6, 6.07) is 2.32. The summed E-state index contributed by atoms with van der Waals surface area (Å²) in [5, 5.41) is 10.3. The largest absolute Gasteiger partial charge is 0.309 e. The highest BCUT2D eigenvalue weighted by Crippen LogP contribution is 2.07. The second-order valence-corrected chi connectivity index (χ2v) is 3.35. The molecule has 0 spiro atoms. The molecule has 1 aromatic rings. The standard InChI is InChI=1S/C11H17N3/c1-3-4-5-6-8-12-10(2)11-7-9-13-14-11/h1,7,9-10,12H,4-6,8H2,2H3,(H,13,14). The molecule has 3 heteroatoms. The van der Waals surface area contributed by atoms with Crippen LogP contribution < -0.4 is 5.32 Å². The molecule has 0 amide bonds. The normalized spacial score (nSPS) is 12.3. The fourth-order valence-corrected chi connectivity index (χ4v) is 1.29. The highest BCUT2D eigenvalue weighted by atomic mass is 15.1. The Hall–Kier alpha value is -1.27. The first-order valence-corrected chi connectivity index (χ1v) is 5.00. The van der Waals surface area contributed by atoms with E-state index in [9.17, 15) is 0 Å². The zero-order chi connectivity index (χ0) is 10.2.